The smallest absolute Gasteiger partial charge is 0.343 e. The molecule has 3 atom stereocenters. The van der Waals surface area contributed by atoms with Gasteiger partial charge in [-0.1, -0.05) is 12.1 Å². The topological polar surface area (TPSA) is 58.6 Å². The van der Waals surface area contributed by atoms with E-state index in [4.69, 9.17) is 4.74 Å². The van der Waals surface area contributed by atoms with E-state index < -0.39 is 41.8 Å². The van der Waals surface area contributed by atoms with Crippen molar-refractivity contribution in [3.63, 3.8) is 0 Å². The van der Waals surface area contributed by atoms with Gasteiger partial charge >= 0.3 is 5.97 Å². The molecular formula is C17H20F3NO3. The molecule has 1 aromatic rings. The van der Waals surface area contributed by atoms with Gasteiger partial charge in [0.25, 0.3) is 0 Å². The van der Waals surface area contributed by atoms with Crippen LogP contribution in [0.15, 0.2) is 24.3 Å². The van der Waals surface area contributed by atoms with E-state index >= 15 is 0 Å². The molecule has 3 rings (SSSR count). The molecule has 0 bridgehead atoms. The Balaban J connectivity index is 1.90. The quantitative estimate of drug-likeness (QED) is 0.824. The monoisotopic (exact) mass is 343 g/mol. The highest BCUT2D eigenvalue weighted by Gasteiger charge is 2.54. The van der Waals surface area contributed by atoms with Crippen LogP contribution in [0.1, 0.15) is 31.2 Å². The molecule has 0 aromatic heterocycles. The first-order valence-corrected chi connectivity index (χ1v) is 8.09. The number of esters is 1. The Labute approximate surface area is 138 Å². The van der Waals surface area contributed by atoms with Crippen molar-refractivity contribution in [3.05, 3.63) is 35.6 Å². The summed E-state index contributed by atoms with van der Waals surface area (Å²) >= 11 is 0. The van der Waals surface area contributed by atoms with Crippen LogP contribution in [0.3, 0.4) is 0 Å². The number of nitrogens with one attached hydrogen (secondary N) is 1. The van der Waals surface area contributed by atoms with Crippen molar-refractivity contribution in [1.29, 1.82) is 0 Å². The van der Waals surface area contributed by atoms with Crippen LogP contribution in [0.5, 0.6) is 0 Å². The van der Waals surface area contributed by atoms with Gasteiger partial charge in [-0.2, -0.15) is 0 Å². The molecule has 132 valence electrons. The third-order valence-corrected chi connectivity index (χ3v) is 4.88. The lowest BCUT2D eigenvalue weighted by Gasteiger charge is -2.33. The molecule has 2 N–H and O–H groups in total. The van der Waals surface area contributed by atoms with Crippen molar-refractivity contribution in [1.82, 2.24) is 5.32 Å². The zero-order valence-electron chi connectivity index (χ0n) is 13.1. The Kier molecular flexibility index (Phi) is 4.57. The average Bonchev–Trinajstić information content (AvgIpc) is 3.16. The number of alkyl halides is 2. The predicted molar refractivity (Wildman–Crippen MR) is 80.0 cm³/mol. The minimum absolute atomic E-state index is 0.00110. The number of hydrogen-bond donors (Lipinski definition) is 2. The van der Waals surface area contributed by atoms with Crippen LogP contribution in [0.25, 0.3) is 0 Å². The predicted octanol–water partition coefficient (Wildman–Crippen LogP) is 2.35. The Hall–Kier alpha value is -1.60. The van der Waals surface area contributed by atoms with Crippen LogP contribution in [0, 0.1) is 11.7 Å². The summed E-state index contributed by atoms with van der Waals surface area (Å²) in [6, 6.07) is 4.69. The molecule has 4 nitrogen and oxygen atoms in total. The van der Waals surface area contributed by atoms with Crippen molar-refractivity contribution < 1.29 is 27.8 Å². The van der Waals surface area contributed by atoms with Gasteiger partial charge in [0.15, 0.2) is 5.60 Å². The zero-order chi connectivity index (χ0) is 17.4. The highest BCUT2D eigenvalue weighted by Crippen LogP contribution is 2.48. The Morgan fingerprint density at radius 2 is 2.00 bits per heavy atom. The Morgan fingerprint density at radius 3 is 2.54 bits per heavy atom. The van der Waals surface area contributed by atoms with Gasteiger partial charge in [0, 0.05) is 25.3 Å². The molecule has 0 amide bonds. The minimum atomic E-state index is -2.92. The van der Waals surface area contributed by atoms with E-state index in [0.717, 1.165) is 12.1 Å². The summed E-state index contributed by atoms with van der Waals surface area (Å²) in [5.41, 5.74) is -2.11. The summed E-state index contributed by atoms with van der Waals surface area (Å²) in [5.74, 6) is -5.37. The maximum atomic E-state index is 13.6. The molecule has 0 spiro atoms. The SMILES string of the molecule is O=C(OC1CCNC1)[C@](O)(c1ccc(F)cc1)[C@@H]1CCC(F)(F)C1. The normalized spacial score (nSPS) is 28.5. The third kappa shape index (κ3) is 3.28. The van der Waals surface area contributed by atoms with E-state index in [1.165, 1.54) is 12.1 Å². The molecule has 2 aliphatic rings. The number of halogens is 3. The maximum Gasteiger partial charge on any atom is 0.343 e. The number of carbonyl (C=O) groups excluding carboxylic acids is 1. The molecule has 7 heteroatoms. The van der Waals surface area contributed by atoms with Gasteiger partial charge in [-0.25, -0.2) is 18.0 Å². The van der Waals surface area contributed by atoms with Gasteiger partial charge in [0.1, 0.15) is 11.9 Å². The third-order valence-electron chi connectivity index (χ3n) is 4.88. The van der Waals surface area contributed by atoms with E-state index in [1.807, 2.05) is 0 Å². The largest absolute Gasteiger partial charge is 0.459 e. The number of aliphatic hydroxyl groups is 1. The van der Waals surface area contributed by atoms with Crippen LogP contribution in [-0.4, -0.2) is 36.2 Å². The van der Waals surface area contributed by atoms with Crippen LogP contribution in [-0.2, 0) is 15.1 Å². The zero-order valence-corrected chi connectivity index (χ0v) is 13.1. The van der Waals surface area contributed by atoms with Gasteiger partial charge in [0.2, 0.25) is 5.92 Å². The fraction of sp³-hybridized carbons (Fsp3) is 0.588. The highest BCUT2D eigenvalue weighted by molar-refractivity contribution is 5.82. The van der Waals surface area contributed by atoms with Gasteiger partial charge in [-0.15, -0.1) is 0 Å². The second-order valence-corrected chi connectivity index (χ2v) is 6.59. The van der Waals surface area contributed by atoms with E-state index in [1.54, 1.807) is 0 Å². The first-order chi connectivity index (χ1) is 11.3. The first kappa shape index (κ1) is 17.2. The number of hydrogen-bond acceptors (Lipinski definition) is 4. The van der Waals surface area contributed by atoms with Gasteiger partial charge in [0.05, 0.1) is 0 Å². The molecule has 0 radical (unpaired) electrons. The molecule has 2 fully saturated rings. The fourth-order valence-corrected chi connectivity index (χ4v) is 3.50. The average molecular weight is 343 g/mol. The minimum Gasteiger partial charge on any atom is -0.459 e. The summed E-state index contributed by atoms with van der Waals surface area (Å²) in [5, 5.41) is 14.1. The number of carbonyl (C=O) groups is 1. The van der Waals surface area contributed by atoms with Crippen LogP contribution >= 0.6 is 0 Å². The number of ether oxygens (including phenoxy) is 1. The molecule has 1 aliphatic heterocycles. The maximum absolute atomic E-state index is 13.6. The number of benzene rings is 1. The molecule has 1 aromatic carbocycles. The van der Waals surface area contributed by atoms with Gasteiger partial charge < -0.3 is 15.2 Å². The summed E-state index contributed by atoms with van der Waals surface area (Å²) in [4.78, 5) is 12.7. The molecule has 1 saturated carbocycles. The van der Waals surface area contributed by atoms with E-state index in [0.29, 0.717) is 19.5 Å². The van der Waals surface area contributed by atoms with Crippen LogP contribution in [0.2, 0.25) is 0 Å². The molecule has 24 heavy (non-hydrogen) atoms. The summed E-state index contributed by atoms with van der Waals surface area (Å²) < 4.78 is 45.8. The summed E-state index contributed by atoms with van der Waals surface area (Å²) in [6.45, 7) is 1.15. The van der Waals surface area contributed by atoms with Gasteiger partial charge in [-0.05, 0) is 37.1 Å². The standard InChI is InChI=1S/C17H20F3NO3/c18-13-3-1-11(2-4-13)17(23,12-5-7-16(19,20)9-12)15(22)24-14-6-8-21-10-14/h1-4,12,14,21,23H,5-10H2/t12-,14?,17+/m1/s1. The molecular weight excluding hydrogens is 323 g/mol. The van der Waals surface area contributed by atoms with E-state index in [2.05, 4.69) is 5.32 Å². The second-order valence-electron chi connectivity index (χ2n) is 6.59. The van der Waals surface area contributed by atoms with Crippen LogP contribution < -0.4 is 5.32 Å². The lowest BCUT2D eigenvalue weighted by Crippen LogP contribution is -2.45. The Morgan fingerprint density at radius 1 is 1.29 bits per heavy atom. The molecule has 1 saturated heterocycles. The van der Waals surface area contributed by atoms with Crippen LogP contribution in [0.4, 0.5) is 13.2 Å². The van der Waals surface area contributed by atoms with Gasteiger partial charge in [-0.3, -0.25) is 0 Å². The van der Waals surface area contributed by atoms with Crippen molar-refractivity contribution >= 4 is 5.97 Å². The highest BCUT2D eigenvalue weighted by atomic mass is 19.3. The molecule has 1 aliphatic carbocycles. The second kappa shape index (κ2) is 6.37. The summed E-state index contributed by atoms with van der Waals surface area (Å²) in [6.07, 6.45) is -0.782. The van der Waals surface area contributed by atoms with Crippen molar-refractivity contribution in [3.8, 4) is 0 Å². The van der Waals surface area contributed by atoms with Crippen molar-refractivity contribution in [2.75, 3.05) is 13.1 Å². The van der Waals surface area contributed by atoms with Crippen molar-refractivity contribution in [2.24, 2.45) is 5.92 Å². The van der Waals surface area contributed by atoms with Crippen molar-refractivity contribution in [2.45, 2.75) is 43.3 Å². The number of rotatable bonds is 4. The van der Waals surface area contributed by atoms with E-state index in [-0.39, 0.29) is 18.4 Å². The molecule has 1 heterocycles. The fourth-order valence-electron chi connectivity index (χ4n) is 3.50. The Bertz CT molecular complexity index is 602. The first-order valence-electron chi connectivity index (χ1n) is 8.09. The van der Waals surface area contributed by atoms with E-state index in [9.17, 15) is 23.1 Å². The lowest BCUT2D eigenvalue weighted by molar-refractivity contribution is -0.179. The molecule has 1 unspecified atom stereocenters. The summed E-state index contributed by atoms with van der Waals surface area (Å²) in [7, 11) is 0. The lowest BCUT2D eigenvalue weighted by atomic mass is 9.80.